The van der Waals surface area contributed by atoms with E-state index in [2.05, 4.69) is 4.74 Å². The van der Waals surface area contributed by atoms with Crippen molar-refractivity contribution in [3.63, 3.8) is 0 Å². The van der Waals surface area contributed by atoms with Crippen molar-refractivity contribution in [1.29, 1.82) is 0 Å². The van der Waals surface area contributed by atoms with Crippen LogP contribution in [0.25, 0.3) is 0 Å². The first kappa shape index (κ1) is 26.8. The van der Waals surface area contributed by atoms with Gasteiger partial charge in [0.2, 0.25) is 0 Å². The number of unbranched alkanes of at least 4 members (excludes halogenated alkanes) is 2. The molecule has 3 nitrogen and oxygen atoms in total. The molecule has 0 amide bonds. The average molecular weight is 481 g/mol. The fourth-order valence-corrected chi connectivity index (χ4v) is 3.29. The Labute approximate surface area is 187 Å². The number of ether oxygens (including phenoxy) is 1. The minimum absolute atomic E-state index is 0.199. The molecule has 2 aromatic carbocycles. The molecule has 0 aliphatic rings. The van der Waals surface area contributed by atoms with Gasteiger partial charge in [-0.1, -0.05) is 50.1 Å². The highest BCUT2D eigenvalue weighted by Crippen LogP contribution is 2.31. The van der Waals surface area contributed by atoms with Gasteiger partial charge in [-0.15, -0.1) is 0 Å². The standard InChI is InChI=1S/C23H26F7NO2/c1-2-3-4-9-17-10-5-6-12-19(17)31(15-20(32)22(26,27)28)14-16-8-7-11-18(13-16)33-23(29,30)21(24)25/h5-8,10-13,20-21,32H,2-4,9,14-15H2,1H3. The molecule has 1 N–H and O–H groups in total. The van der Waals surface area contributed by atoms with Crippen LogP contribution in [0.4, 0.5) is 36.4 Å². The summed E-state index contributed by atoms with van der Waals surface area (Å²) in [5, 5.41) is 9.70. The molecule has 0 aromatic heterocycles. The number of aliphatic hydroxyl groups is 1. The second-order valence-corrected chi connectivity index (χ2v) is 7.64. The molecule has 0 spiro atoms. The predicted molar refractivity (Wildman–Crippen MR) is 111 cm³/mol. The van der Waals surface area contributed by atoms with Crippen LogP contribution >= 0.6 is 0 Å². The fourth-order valence-electron chi connectivity index (χ4n) is 3.29. The summed E-state index contributed by atoms with van der Waals surface area (Å²) in [4.78, 5) is 1.30. The SMILES string of the molecule is CCCCCc1ccccc1N(Cc1cccc(OC(F)(F)C(F)F)c1)CC(O)C(F)(F)F. The van der Waals surface area contributed by atoms with Crippen molar-refractivity contribution in [1.82, 2.24) is 0 Å². The van der Waals surface area contributed by atoms with E-state index in [1.165, 1.54) is 17.0 Å². The van der Waals surface area contributed by atoms with Crippen molar-refractivity contribution < 1.29 is 40.6 Å². The third-order valence-corrected chi connectivity index (χ3v) is 4.93. The molecule has 0 aliphatic carbocycles. The van der Waals surface area contributed by atoms with Gasteiger partial charge in [-0.25, -0.2) is 0 Å². The lowest BCUT2D eigenvalue weighted by Gasteiger charge is -2.30. The van der Waals surface area contributed by atoms with Crippen molar-refractivity contribution >= 4 is 5.69 Å². The molecule has 10 heteroatoms. The van der Waals surface area contributed by atoms with Gasteiger partial charge in [0.25, 0.3) is 0 Å². The van der Waals surface area contributed by atoms with Crippen molar-refractivity contribution in [2.45, 2.75) is 64.0 Å². The molecule has 0 aliphatic heterocycles. The molecule has 2 rings (SSSR count). The van der Waals surface area contributed by atoms with Gasteiger partial charge >= 0.3 is 18.7 Å². The molecule has 184 valence electrons. The summed E-state index contributed by atoms with van der Waals surface area (Å²) in [6.07, 6.45) is -13.0. The molecule has 0 saturated heterocycles. The van der Waals surface area contributed by atoms with Crippen molar-refractivity contribution in [2.75, 3.05) is 11.4 Å². The zero-order chi connectivity index (χ0) is 24.6. The molecule has 0 heterocycles. The monoisotopic (exact) mass is 481 g/mol. The topological polar surface area (TPSA) is 32.7 Å². The summed E-state index contributed by atoms with van der Waals surface area (Å²) >= 11 is 0. The smallest absolute Gasteiger partial charge is 0.428 e. The maximum absolute atomic E-state index is 13.3. The molecule has 0 bridgehead atoms. The number of halogens is 7. The third-order valence-electron chi connectivity index (χ3n) is 4.93. The highest BCUT2D eigenvalue weighted by molar-refractivity contribution is 5.54. The Bertz CT molecular complexity index is 874. The van der Waals surface area contributed by atoms with Crippen LogP contribution in [-0.4, -0.2) is 36.5 Å². The van der Waals surface area contributed by atoms with Gasteiger partial charge < -0.3 is 14.7 Å². The van der Waals surface area contributed by atoms with Crippen LogP contribution in [0.5, 0.6) is 5.75 Å². The molecular weight excluding hydrogens is 455 g/mol. The maximum Gasteiger partial charge on any atom is 0.461 e. The van der Waals surface area contributed by atoms with Crippen molar-refractivity contribution in [3.05, 3.63) is 59.7 Å². The summed E-state index contributed by atoms with van der Waals surface area (Å²) in [5.41, 5.74) is 1.48. The number of rotatable bonds is 12. The van der Waals surface area contributed by atoms with Gasteiger partial charge in [0.1, 0.15) is 5.75 Å². The molecule has 0 fully saturated rings. The van der Waals surface area contributed by atoms with Crippen LogP contribution in [-0.2, 0) is 13.0 Å². The number of para-hydroxylation sites is 1. The van der Waals surface area contributed by atoms with Crippen LogP contribution in [0.3, 0.4) is 0 Å². The number of hydrogen-bond donors (Lipinski definition) is 1. The van der Waals surface area contributed by atoms with E-state index in [0.29, 0.717) is 12.1 Å². The Morgan fingerprint density at radius 2 is 1.67 bits per heavy atom. The second kappa shape index (κ2) is 11.6. The van der Waals surface area contributed by atoms with Gasteiger partial charge in [0, 0.05) is 12.2 Å². The normalized spacial score (nSPS) is 13.3. The molecule has 1 unspecified atom stereocenters. The summed E-state index contributed by atoms with van der Waals surface area (Å²) in [6.45, 7) is 1.02. The highest BCUT2D eigenvalue weighted by Gasteiger charge is 2.44. The molecular formula is C23H26F7NO2. The van der Waals surface area contributed by atoms with Gasteiger partial charge in [-0.3, -0.25) is 0 Å². The highest BCUT2D eigenvalue weighted by atomic mass is 19.4. The van der Waals surface area contributed by atoms with Crippen molar-refractivity contribution in [3.8, 4) is 5.75 Å². The second-order valence-electron chi connectivity index (χ2n) is 7.64. The van der Waals surface area contributed by atoms with E-state index in [0.717, 1.165) is 37.0 Å². The summed E-state index contributed by atoms with van der Waals surface area (Å²) in [5.74, 6) is -0.551. The van der Waals surface area contributed by atoms with E-state index in [1.807, 2.05) is 6.92 Å². The number of anilines is 1. The minimum Gasteiger partial charge on any atom is -0.428 e. The first-order valence-electron chi connectivity index (χ1n) is 10.5. The average Bonchev–Trinajstić information content (AvgIpc) is 2.73. The number of alkyl halides is 7. The number of hydrogen-bond acceptors (Lipinski definition) is 3. The number of benzene rings is 2. The quantitative estimate of drug-likeness (QED) is 0.274. The first-order chi connectivity index (χ1) is 15.4. The Morgan fingerprint density at radius 1 is 0.970 bits per heavy atom. The summed E-state index contributed by atoms with van der Waals surface area (Å²) in [6, 6.07) is 11.6. The Hall–Kier alpha value is -2.49. The zero-order valence-corrected chi connectivity index (χ0v) is 18.0. The first-order valence-corrected chi connectivity index (χ1v) is 10.5. The predicted octanol–water partition coefficient (Wildman–Crippen LogP) is 6.59. The molecule has 0 saturated carbocycles. The molecule has 33 heavy (non-hydrogen) atoms. The Balaban J connectivity index is 2.34. The zero-order valence-electron chi connectivity index (χ0n) is 18.0. The molecule has 2 aromatic rings. The Morgan fingerprint density at radius 3 is 2.30 bits per heavy atom. The van der Waals surface area contributed by atoms with Crippen LogP contribution in [0.15, 0.2) is 48.5 Å². The fraction of sp³-hybridized carbons (Fsp3) is 0.478. The lowest BCUT2D eigenvalue weighted by atomic mass is 10.0. The van der Waals surface area contributed by atoms with Crippen molar-refractivity contribution in [2.24, 2.45) is 0 Å². The van der Waals surface area contributed by atoms with E-state index >= 15 is 0 Å². The van der Waals surface area contributed by atoms with E-state index in [9.17, 15) is 35.8 Å². The van der Waals surface area contributed by atoms with E-state index in [-0.39, 0.29) is 12.1 Å². The summed E-state index contributed by atoms with van der Waals surface area (Å²) in [7, 11) is 0. The lowest BCUT2D eigenvalue weighted by Crippen LogP contribution is -2.41. The van der Waals surface area contributed by atoms with Gasteiger partial charge in [-0.2, -0.15) is 30.7 Å². The van der Waals surface area contributed by atoms with Crippen LogP contribution in [0.1, 0.15) is 37.3 Å². The molecule has 1 atom stereocenters. The minimum atomic E-state index is -4.86. The molecule has 0 radical (unpaired) electrons. The van der Waals surface area contributed by atoms with Crippen LogP contribution in [0.2, 0.25) is 0 Å². The largest absolute Gasteiger partial charge is 0.461 e. The number of aliphatic hydroxyl groups excluding tert-OH is 1. The van der Waals surface area contributed by atoms with E-state index in [4.69, 9.17) is 0 Å². The Kier molecular flexibility index (Phi) is 9.39. The van der Waals surface area contributed by atoms with Crippen LogP contribution < -0.4 is 9.64 Å². The lowest BCUT2D eigenvalue weighted by molar-refractivity contribution is -0.253. The van der Waals surface area contributed by atoms with Crippen LogP contribution in [0, 0.1) is 0 Å². The van der Waals surface area contributed by atoms with Gasteiger partial charge in [-0.05, 0) is 42.2 Å². The third kappa shape index (κ3) is 8.10. The summed E-state index contributed by atoms with van der Waals surface area (Å²) < 4.78 is 94.7. The van der Waals surface area contributed by atoms with Gasteiger partial charge in [0.05, 0.1) is 6.54 Å². The van der Waals surface area contributed by atoms with Gasteiger partial charge in [0.15, 0.2) is 6.10 Å². The van der Waals surface area contributed by atoms with E-state index in [1.54, 1.807) is 24.3 Å². The number of nitrogens with zero attached hydrogens (tertiary/aromatic N) is 1. The van der Waals surface area contributed by atoms with E-state index < -0.39 is 37.1 Å². The number of aryl methyl sites for hydroxylation is 1. The maximum atomic E-state index is 13.3.